The van der Waals surface area contributed by atoms with Crippen LogP contribution in [0.25, 0.3) is 11.1 Å². The highest BCUT2D eigenvalue weighted by atomic mass is 16.3. The minimum atomic E-state index is 0.225. The Morgan fingerprint density at radius 1 is 0.969 bits per heavy atom. The van der Waals surface area contributed by atoms with Crippen molar-refractivity contribution in [3.8, 4) is 11.1 Å². The van der Waals surface area contributed by atoms with Crippen molar-refractivity contribution in [3.63, 3.8) is 0 Å². The summed E-state index contributed by atoms with van der Waals surface area (Å²) in [4.78, 5) is 9.43. The van der Waals surface area contributed by atoms with Gasteiger partial charge in [-0.1, -0.05) is 60.2 Å². The second kappa shape index (κ2) is 9.53. The monoisotopic (exact) mass is 427 g/mol. The van der Waals surface area contributed by atoms with Gasteiger partial charge in [-0.05, 0) is 61.2 Å². The quantitative estimate of drug-likeness (QED) is 0.652. The van der Waals surface area contributed by atoms with Crippen molar-refractivity contribution in [1.82, 2.24) is 14.8 Å². The van der Waals surface area contributed by atoms with E-state index in [1.54, 1.807) is 0 Å². The summed E-state index contributed by atoms with van der Waals surface area (Å²) in [6.07, 6.45) is 6.22. The van der Waals surface area contributed by atoms with E-state index in [1.807, 2.05) is 18.5 Å². The van der Waals surface area contributed by atoms with Crippen LogP contribution in [-0.4, -0.2) is 58.2 Å². The summed E-state index contributed by atoms with van der Waals surface area (Å²) in [5.41, 5.74) is 6.43. The molecule has 0 spiro atoms. The molecule has 2 aliphatic heterocycles. The van der Waals surface area contributed by atoms with Crippen LogP contribution in [0.15, 0.2) is 73.1 Å². The van der Waals surface area contributed by atoms with Gasteiger partial charge in [0.25, 0.3) is 0 Å². The third-order valence-corrected chi connectivity index (χ3v) is 7.23. The molecular weight excluding hydrogens is 394 g/mol. The lowest BCUT2D eigenvalue weighted by atomic mass is 9.74. The lowest BCUT2D eigenvalue weighted by Gasteiger charge is -2.57. The van der Waals surface area contributed by atoms with E-state index in [1.165, 1.54) is 40.7 Å². The minimum Gasteiger partial charge on any atom is -0.395 e. The van der Waals surface area contributed by atoms with Crippen LogP contribution in [0, 0.1) is 6.92 Å². The van der Waals surface area contributed by atoms with Gasteiger partial charge in [0.15, 0.2) is 0 Å². The molecule has 3 heterocycles. The van der Waals surface area contributed by atoms with Crippen molar-refractivity contribution in [1.29, 1.82) is 0 Å². The van der Waals surface area contributed by atoms with E-state index in [-0.39, 0.29) is 12.6 Å². The number of aromatic nitrogens is 1. The number of aliphatic hydroxyl groups is 1. The first kappa shape index (κ1) is 21.3. The first-order valence-corrected chi connectivity index (χ1v) is 11.9. The SMILES string of the molecule is Cc1cccc(-c2ccc([C@H]3[C@@H](CO)N4CCCCN(Cc5cccnc5)C[C@H]34)cc2)c1. The van der Waals surface area contributed by atoms with Gasteiger partial charge in [-0.2, -0.15) is 0 Å². The van der Waals surface area contributed by atoms with E-state index in [0.717, 1.165) is 26.2 Å². The molecule has 4 heteroatoms. The van der Waals surface area contributed by atoms with Crippen LogP contribution in [0.5, 0.6) is 0 Å². The molecule has 5 rings (SSSR count). The smallest absolute Gasteiger partial charge is 0.0593 e. The number of pyridine rings is 1. The Labute approximate surface area is 191 Å². The predicted octanol–water partition coefficient (Wildman–Crippen LogP) is 4.48. The zero-order valence-corrected chi connectivity index (χ0v) is 18.9. The Kier molecular flexibility index (Phi) is 6.35. The summed E-state index contributed by atoms with van der Waals surface area (Å²) in [6, 6.07) is 22.6. The number of hydrogen-bond donors (Lipinski definition) is 1. The summed E-state index contributed by atoms with van der Waals surface area (Å²) >= 11 is 0. The summed E-state index contributed by atoms with van der Waals surface area (Å²) in [5, 5.41) is 10.2. The van der Waals surface area contributed by atoms with Crippen LogP contribution < -0.4 is 0 Å². The third kappa shape index (κ3) is 4.36. The Morgan fingerprint density at radius 2 is 1.81 bits per heavy atom. The number of fused-ring (bicyclic) bond motifs is 1. The van der Waals surface area contributed by atoms with Crippen LogP contribution in [0.4, 0.5) is 0 Å². The van der Waals surface area contributed by atoms with E-state index >= 15 is 0 Å². The molecule has 2 aliphatic rings. The van der Waals surface area contributed by atoms with Crippen LogP contribution in [0.1, 0.15) is 35.4 Å². The fourth-order valence-electron chi connectivity index (χ4n) is 5.63. The molecule has 1 N–H and O–H groups in total. The predicted molar refractivity (Wildman–Crippen MR) is 129 cm³/mol. The maximum Gasteiger partial charge on any atom is 0.0593 e. The maximum atomic E-state index is 10.2. The van der Waals surface area contributed by atoms with Crippen molar-refractivity contribution in [2.45, 2.75) is 44.3 Å². The molecule has 0 aliphatic carbocycles. The fourth-order valence-corrected chi connectivity index (χ4v) is 5.63. The Morgan fingerprint density at radius 3 is 2.56 bits per heavy atom. The molecule has 32 heavy (non-hydrogen) atoms. The number of benzene rings is 2. The van der Waals surface area contributed by atoms with Gasteiger partial charge in [-0.25, -0.2) is 0 Å². The molecule has 3 aromatic rings. The number of rotatable bonds is 5. The zero-order chi connectivity index (χ0) is 21.9. The Balaban J connectivity index is 1.36. The van der Waals surface area contributed by atoms with E-state index in [4.69, 9.17) is 0 Å². The number of hydrogen-bond acceptors (Lipinski definition) is 4. The Bertz CT molecular complexity index is 1020. The number of aliphatic hydroxyl groups excluding tert-OH is 1. The van der Waals surface area contributed by atoms with Gasteiger partial charge in [0.05, 0.1) is 6.61 Å². The van der Waals surface area contributed by atoms with Gasteiger partial charge in [-0.15, -0.1) is 0 Å². The number of aryl methyl sites for hydroxylation is 1. The molecule has 0 unspecified atom stereocenters. The van der Waals surface area contributed by atoms with Gasteiger partial charge < -0.3 is 5.11 Å². The highest BCUT2D eigenvalue weighted by Gasteiger charge is 2.48. The summed E-state index contributed by atoms with van der Waals surface area (Å²) < 4.78 is 0. The standard InChI is InChI=1S/C28H33N3O/c1-21-6-4-8-25(16-21)23-9-11-24(12-10-23)28-26-19-30(18-22-7-5-13-29-17-22)14-2-3-15-31(26)27(28)20-32/h4-13,16-17,26-28,32H,2-3,14-15,18-20H2,1H3/t26-,27-,28-/m1/s1. The topological polar surface area (TPSA) is 39.6 Å². The molecule has 3 atom stereocenters. The van der Waals surface area contributed by atoms with E-state index in [2.05, 4.69) is 76.3 Å². The fraction of sp³-hybridized carbons (Fsp3) is 0.393. The largest absolute Gasteiger partial charge is 0.395 e. The van der Waals surface area contributed by atoms with E-state index in [0.29, 0.717) is 12.0 Å². The van der Waals surface area contributed by atoms with Gasteiger partial charge in [-0.3, -0.25) is 14.8 Å². The molecular formula is C28H33N3O. The average Bonchev–Trinajstić information content (AvgIpc) is 2.81. The maximum absolute atomic E-state index is 10.2. The lowest BCUT2D eigenvalue weighted by molar-refractivity contribution is -0.0655. The number of nitrogens with zero attached hydrogens (tertiary/aromatic N) is 3. The second-order valence-electron chi connectivity index (χ2n) is 9.38. The average molecular weight is 428 g/mol. The molecule has 2 fully saturated rings. The first-order chi connectivity index (χ1) is 15.7. The lowest BCUT2D eigenvalue weighted by Crippen LogP contribution is -2.67. The van der Waals surface area contributed by atoms with Gasteiger partial charge in [0.1, 0.15) is 0 Å². The first-order valence-electron chi connectivity index (χ1n) is 11.9. The van der Waals surface area contributed by atoms with E-state index < -0.39 is 0 Å². The van der Waals surface area contributed by atoms with Crippen molar-refractivity contribution in [3.05, 3.63) is 89.7 Å². The summed E-state index contributed by atoms with van der Waals surface area (Å²) in [6.45, 7) is 6.56. The highest BCUT2D eigenvalue weighted by molar-refractivity contribution is 5.64. The Hall–Kier alpha value is -2.53. The summed E-state index contributed by atoms with van der Waals surface area (Å²) in [5.74, 6) is 0.376. The molecule has 0 saturated carbocycles. The summed E-state index contributed by atoms with van der Waals surface area (Å²) in [7, 11) is 0. The van der Waals surface area contributed by atoms with Gasteiger partial charge in [0, 0.05) is 43.5 Å². The molecule has 0 amide bonds. The normalized spacial score (nSPS) is 24.2. The third-order valence-electron chi connectivity index (χ3n) is 7.23. The molecule has 2 saturated heterocycles. The van der Waals surface area contributed by atoms with Crippen molar-refractivity contribution in [2.75, 3.05) is 26.2 Å². The van der Waals surface area contributed by atoms with Gasteiger partial charge in [0.2, 0.25) is 0 Å². The highest BCUT2D eigenvalue weighted by Crippen LogP contribution is 2.42. The van der Waals surface area contributed by atoms with Crippen LogP contribution in [0.2, 0.25) is 0 Å². The van der Waals surface area contributed by atoms with Gasteiger partial charge >= 0.3 is 0 Å². The molecule has 0 bridgehead atoms. The van der Waals surface area contributed by atoms with Crippen molar-refractivity contribution >= 4 is 0 Å². The molecule has 4 nitrogen and oxygen atoms in total. The molecule has 166 valence electrons. The molecule has 1 aromatic heterocycles. The molecule has 0 radical (unpaired) electrons. The van der Waals surface area contributed by atoms with Crippen molar-refractivity contribution in [2.24, 2.45) is 0 Å². The van der Waals surface area contributed by atoms with Crippen molar-refractivity contribution < 1.29 is 5.11 Å². The minimum absolute atomic E-state index is 0.225. The van der Waals surface area contributed by atoms with Crippen LogP contribution in [-0.2, 0) is 6.54 Å². The molecule has 2 aromatic carbocycles. The second-order valence-corrected chi connectivity index (χ2v) is 9.38. The zero-order valence-electron chi connectivity index (χ0n) is 18.9. The van der Waals surface area contributed by atoms with Crippen LogP contribution in [0.3, 0.4) is 0 Å². The van der Waals surface area contributed by atoms with E-state index in [9.17, 15) is 5.11 Å². The van der Waals surface area contributed by atoms with Crippen LogP contribution >= 0.6 is 0 Å².